The van der Waals surface area contributed by atoms with E-state index in [2.05, 4.69) is 10.3 Å². The predicted octanol–water partition coefficient (Wildman–Crippen LogP) is 2.34. The summed E-state index contributed by atoms with van der Waals surface area (Å²) in [6, 6.07) is 11.2. The zero-order valence-corrected chi connectivity index (χ0v) is 10.3. The lowest BCUT2D eigenvalue weighted by Gasteiger charge is -2.07. The number of hydrogen-bond acceptors (Lipinski definition) is 2. The largest absolute Gasteiger partial charge is 0.494 e. The van der Waals surface area contributed by atoms with Gasteiger partial charge in [0.15, 0.2) is 0 Å². The molecule has 4 heteroatoms. The molecule has 0 atom stereocenters. The highest BCUT2D eigenvalue weighted by atomic mass is 16.5. The maximum atomic E-state index is 11.7. The van der Waals surface area contributed by atoms with Crippen molar-refractivity contribution in [1.29, 1.82) is 0 Å². The first-order valence-electron chi connectivity index (χ1n) is 5.93. The van der Waals surface area contributed by atoms with Crippen LogP contribution >= 0.6 is 0 Å². The van der Waals surface area contributed by atoms with E-state index in [0.29, 0.717) is 18.8 Å². The van der Waals surface area contributed by atoms with Crippen LogP contribution in [0.15, 0.2) is 42.6 Å². The lowest BCUT2D eigenvalue weighted by molar-refractivity contribution is 0.0946. The number of aromatic nitrogens is 1. The minimum Gasteiger partial charge on any atom is -0.494 e. The second-order valence-corrected chi connectivity index (χ2v) is 3.85. The Hall–Kier alpha value is -2.23. The Labute approximate surface area is 106 Å². The summed E-state index contributed by atoms with van der Waals surface area (Å²) in [5.74, 6) is 0.714. The van der Waals surface area contributed by atoms with Gasteiger partial charge in [-0.05, 0) is 36.8 Å². The van der Waals surface area contributed by atoms with Crippen LogP contribution in [-0.4, -0.2) is 17.5 Å². The molecule has 2 rings (SSSR count). The average molecular weight is 244 g/mol. The number of carbonyl (C=O) groups excluding carboxylic acids is 1. The summed E-state index contributed by atoms with van der Waals surface area (Å²) in [7, 11) is 0. The Morgan fingerprint density at radius 1 is 1.33 bits per heavy atom. The number of benzene rings is 1. The van der Waals surface area contributed by atoms with Crippen molar-refractivity contribution in [1.82, 2.24) is 10.3 Å². The molecule has 0 saturated carbocycles. The monoisotopic (exact) mass is 244 g/mol. The van der Waals surface area contributed by atoms with E-state index in [-0.39, 0.29) is 5.91 Å². The molecule has 1 amide bonds. The summed E-state index contributed by atoms with van der Waals surface area (Å²) in [6.45, 7) is 3.07. The smallest absolute Gasteiger partial charge is 0.267 e. The summed E-state index contributed by atoms with van der Waals surface area (Å²) in [5.41, 5.74) is 1.58. The zero-order chi connectivity index (χ0) is 12.8. The first-order valence-corrected chi connectivity index (χ1v) is 5.93. The summed E-state index contributed by atoms with van der Waals surface area (Å²) in [6.07, 6.45) is 1.73. The number of rotatable bonds is 5. The number of carbonyl (C=O) groups is 1. The van der Waals surface area contributed by atoms with Crippen LogP contribution in [0.3, 0.4) is 0 Å². The molecule has 0 aliphatic rings. The van der Waals surface area contributed by atoms with Crippen LogP contribution in [0.5, 0.6) is 5.75 Å². The SMILES string of the molecule is CCOc1cccc(CNC(=O)c2ccc[nH]2)c1. The van der Waals surface area contributed by atoms with Crippen LogP contribution in [0.1, 0.15) is 23.0 Å². The third kappa shape index (κ3) is 3.13. The van der Waals surface area contributed by atoms with Crippen LogP contribution in [0.25, 0.3) is 0 Å². The molecule has 0 fully saturated rings. The van der Waals surface area contributed by atoms with Crippen molar-refractivity contribution in [3.8, 4) is 5.75 Å². The Kier molecular flexibility index (Phi) is 4.02. The molecular weight excluding hydrogens is 228 g/mol. The molecule has 0 radical (unpaired) electrons. The number of H-pyrrole nitrogens is 1. The second kappa shape index (κ2) is 5.91. The van der Waals surface area contributed by atoms with Crippen LogP contribution in [0.4, 0.5) is 0 Å². The van der Waals surface area contributed by atoms with Crippen molar-refractivity contribution >= 4 is 5.91 Å². The van der Waals surface area contributed by atoms with Gasteiger partial charge in [0.25, 0.3) is 5.91 Å². The molecule has 94 valence electrons. The molecule has 2 N–H and O–H groups in total. The standard InChI is InChI=1S/C14H16N2O2/c1-2-18-12-6-3-5-11(9-12)10-16-14(17)13-7-4-8-15-13/h3-9,15H,2,10H2,1H3,(H,16,17). The predicted molar refractivity (Wildman–Crippen MR) is 69.6 cm³/mol. The van der Waals surface area contributed by atoms with Gasteiger partial charge in [0.2, 0.25) is 0 Å². The first kappa shape index (κ1) is 12.2. The van der Waals surface area contributed by atoms with E-state index in [1.807, 2.05) is 31.2 Å². The molecule has 0 bridgehead atoms. The summed E-state index contributed by atoms with van der Waals surface area (Å²) in [4.78, 5) is 14.6. The Morgan fingerprint density at radius 2 is 2.22 bits per heavy atom. The number of ether oxygens (including phenoxy) is 1. The van der Waals surface area contributed by atoms with E-state index in [0.717, 1.165) is 11.3 Å². The van der Waals surface area contributed by atoms with Crippen LogP contribution in [0.2, 0.25) is 0 Å². The molecule has 0 aliphatic heterocycles. The van der Waals surface area contributed by atoms with E-state index < -0.39 is 0 Å². The van der Waals surface area contributed by atoms with Crippen molar-refractivity contribution in [2.45, 2.75) is 13.5 Å². The van der Waals surface area contributed by atoms with Crippen LogP contribution in [0, 0.1) is 0 Å². The Balaban J connectivity index is 1.93. The summed E-state index contributed by atoms with van der Waals surface area (Å²) in [5, 5.41) is 2.84. The average Bonchev–Trinajstić information content (AvgIpc) is 2.91. The van der Waals surface area contributed by atoms with E-state index in [1.165, 1.54) is 0 Å². The van der Waals surface area contributed by atoms with Crippen molar-refractivity contribution in [3.63, 3.8) is 0 Å². The van der Waals surface area contributed by atoms with Gasteiger partial charge in [0, 0.05) is 12.7 Å². The molecule has 0 spiro atoms. The van der Waals surface area contributed by atoms with Crippen molar-refractivity contribution < 1.29 is 9.53 Å². The molecular formula is C14H16N2O2. The van der Waals surface area contributed by atoms with Crippen molar-refractivity contribution in [2.24, 2.45) is 0 Å². The Morgan fingerprint density at radius 3 is 2.94 bits per heavy atom. The highest BCUT2D eigenvalue weighted by Gasteiger charge is 2.05. The molecule has 0 saturated heterocycles. The van der Waals surface area contributed by atoms with E-state index in [1.54, 1.807) is 18.3 Å². The van der Waals surface area contributed by atoms with Gasteiger partial charge < -0.3 is 15.0 Å². The van der Waals surface area contributed by atoms with Gasteiger partial charge in [-0.15, -0.1) is 0 Å². The molecule has 18 heavy (non-hydrogen) atoms. The fourth-order valence-electron chi connectivity index (χ4n) is 1.66. The van der Waals surface area contributed by atoms with Gasteiger partial charge in [-0.1, -0.05) is 12.1 Å². The number of nitrogens with one attached hydrogen (secondary N) is 2. The number of aromatic amines is 1. The molecule has 1 aromatic heterocycles. The normalized spacial score (nSPS) is 10.1. The highest BCUT2D eigenvalue weighted by Crippen LogP contribution is 2.13. The quantitative estimate of drug-likeness (QED) is 0.848. The van der Waals surface area contributed by atoms with E-state index >= 15 is 0 Å². The molecule has 1 heterocycles. The molecule has 4 nitrogen and oxygen atoms in total. The zero-order valence-electron chi connectivity index (χ0n) is 10.3. The van der Waals surface area contributed by atoms with E-state index in [4.69, 9.17) is 4.74 Å². The Bertz CT molecular complexity index is 506. The van der Waals surface area contributed by atoms with Gasteiger partial charge >= 0.3 is 0 Å². The topological polar surface area (TPSA) is 54.1 Å². The third-order valence-electron chi connectivity index (χ3n) is 2.51. The van der Waals surface area contributed by atoms with Crippen molar-refractivity contribution in [2.75, 3.05) is 6.61 Å². The summed E-state index contributed by atoms with van der Waals surface area (Å²) >= 11 is 0. The van der Waals surface area contributed by atoms with Gasteiger partial charge in [0.1, 0.15) is 11.4 Å². The second-order valence-electron chi connectivity index (χ2n) is 3.85. The minimum absolute atomic E-state index is 0.109. The third-order valence-corrected chi connectivity index (χ3v) is 2.51. The molecule has 1 aromatic carbocycles. The summed E-state index contributed by atoms with van der Waals surface area (Å²) < 4.78 is 5.41. The fourth-order valence-corrected chi connectivity index (χ4v) is 1.66. The molecule has 2 aromatic rings. The number of hydrogen-bond donors (Lipinski definition) is 2. The lowest BCUT2D eigenvalue weighted by Crippen LogP contribution is -2.23. The number of amides is 1. The van der Waals surface area contributed by atoms with Crippen LogP contribution < -0.4 is 10.1 Å². The molecule has 0 unspecified atom stereocenters. The van der Waals surface area contributed by atoms with Gasteiger partial charge in [-0.2, -0.15) is 0 Å². The van der Waals surface area contributed by atoms with Crippen molar-refractivity contribution in [3.05, 3.63) is 53.9 Å². The fraction of sp³-hybridized carbons (Fsp3) is 0.214. The van der Waals surface area contributed by atoms with E-state index in [9.17, 15) is 4.79 Å². The minimum atomic E-state index is -0.109. The van der Waals surface area contributed by atoms with Gasteiger partial charge in [-0.25, -0.2) is 0 Å². The maximum absolute atomic E-state index is 11.7. The van der Waals surface area contributed by atoms with Crippen LogP contribution in [-0.2, 0) is 6.54 Å². The first-order chi connectivity index (χ1) is 8.79. The van der Waals surface area contributed by atoms with Gasteiger partial charge in [-0.3, -0.25) is 4.79 Å². The van der Waals surface area contributed by atoms with Gasteiger partial charge in [0.05, 0.1) is 6.61 Å². The lowest BCUT2D eigenvalue weighted by atomic mass is 10.2. The maximum Gasteiger partial charge on any atom is 0.267 e. The molecule has 0 aliphatic carbocycles. The highest BCUT2D eigenvalue weighted by molar-refractivity contribution is 5.92.